The molecule has 2 rings (SSSR count). The number of carboxylic acids is 1. The second kappa shape index (κ2) is 5.36. The Kier molecular flexibility index (Phi) is 3.80. The van der Waals surface area contributed by atoms with Crippen molar-refractivity contribution in [1.82, 2.24) is 20.2 Å². The lowest BCUT2D eigenvalue weighted by atomic mass is 10.1. The lowest BCUT2D eigenvalue weighted by Gasteiger charge is -2.12. The number of nitrogens with zero attached hydrogens (tertiary/aromatic N) is 4. The highest BCUT2D eigenvalue weighted by Crippen LogP contribution is 2.26. The highest BCUT2D eigenvalue weighted by molar-refractivity contribution is 6.30. The van der Waals surface area contributed by atoms with Crippen LogP contribution in [0.3, 0.4) is 0 Å². The minimum Gasteiger partial charge on any atom is -0.481 e. The average Bonchev–Trinajstić information content (AvgIpc) is 2.80. The molecule has 0 aliphatic carbocycles. The van der Waals surface area contributed by atoms with E-state index < -0.39 is 5.97 Å². The van der Waals surface area contributed by atoms with E-state index in [9.17, 15) is 4.79 Å². The standard InChI is InChI=1S/C12H13ClN4O2/c1-7-3-4-9(13)6-10(7)12-14-15-16-17(12)8(2)5-11(18)19/h3-4,6,8H,5H2,1-2H3,(H,18,19). The number of halogens is 1. The quantitative estimate of drug-likeness (QED) is 0.929. The molecule has 0 saturated carbocycles. The Labute approximate surface area is 115 Å². The number of aliphatic carboxylic acids is 1. The lowest BCUT2D eigenvalue weighted by molar-refractivity contribution is -0.137. The summed E-state index contributed by atoms with van der Waals surface area (Å²) in [6, 6.07) is 5.10. The van der Waals surface area contributed by atoms with Gasteiger partial charge in [0.2, 0.25) is 0 Å². The first-order valence-electron chi connectivity index (χ1n) is 5.75. The molecule has 1 N–H and O–H groups in total. The second-order valence-corrected chi connectivity index (χ2v) is 4.79. The smallest absolute Gasteiger partial charge is 0.305 e. The number of aromatic nitrogens is 4. The number of carboxylic acid groups (broad SMARTS) is 1. The third-order valence-electron chi connectivity index (χ3n) is 2.82. The number of hydrogen-bond donors (Lipinski definition) is 1. The molecule has 100 valence electrons. The van der Waals surface area contributed by atoms with Crippen LogP contribution in [0.1, 0.15) is 24.9 Å². The monoisotopic (exact) mass is 280 g/mol. The highest BCUT2D eigenvalue weighted by atomic mass is 35.5. The largest absolute Gasteiger partial charge is 0.481 e. The van der Waals surface area contributed by atoms with Crippen molar-refractivity contribution in [1.29, 1.82) is 0 Å². The molecule has 1 atom stereocenters. The molecule has 0 aliphatic rings. The molecule has 7 heteroatoms. The summed E-state index contributed by atoms with van der Waals surface area (Å²) < 4.78 is 1.51. The van der Waals surface area contributed by atoms with Crippen molar-refractivity contribution in [3.8, 4) is 11.4 Å². The van der Waals surface area contributed by atoms with Gasteiger partial charge in [-0.05, 0) is 42.0 Å². The van der Waals surface area contributed by atoms with Gasteiger partial charge in [-0.3, -0.25) is 4.79 Å². The Morgan fingerprint density at radius 1 is 1.53 bits per heavy atom. The predicted molar refractivity (Wildman–Crippen MR) is 70.0 cm³/mol. The minimum atomic E-state index is -0.892. The zero-order valence-electron chi connectivity index (χ0n) is 10.5. The molecule has 0 aliphatic heterocycles. The molecule has 1 aromatic carbocycles. The minimum absolute atomic E-state index is 0.0440. The summed E-state index contributed by atoms with van der Waals surface area (Å²) >= 11 is 5.98. The molecule has 1 heterocycles. The maximum atomic E-state index is 10.8. The van der Waals surface area contributed by atoms with Gasteiger partial charge in [0.1, 0.15) is 0 Å². The van der Waals surface area contributed by atoms with Crippen LogP contribution in [0.15, 0.2) is 18.2 Å². The van der Waals surface area contributed by atoms with Crippen LogP contribution in [-0.2, 0) is 4.79 Å². The van der Waals surface area contributed by atoms with Crippen molar-refractivity contribution in [2.45, 2.75) is 26.3 Å². The van der Waals surface area contributed by atoms with E-state index in [4.69, 9.17) is 16.7 Å². The number of benzene rings is 1. The van der Waals surface area contributed by atoms with Gasteiger partial charge < -0.3 is 5.11 Å². The molecular weight excluding hydrogens is 268 g/mol. The Morgan fingerprint density at radius 3 is 2.95 bits per heavy atom. The van der Waals surface area contributed by atoms with Gasteiger partial charge in [0.15, 0.2) is 5.82 Å². The van der Waals surface area contributed by atoms with Crippen LogP contribution in [0.2, 0.25) is 5.02 Å². The van der Waals surface area contributed by atoms with Crippen LogP contribution in [0.5, 0.6) is 0 Å². The van der Waals surface area contributed by atoms with Crippen LogP contribution in [0.4, 0.5) is 0 Å². The maximum Gasteiger partial charge on any atom is 0.305 e. The van der Waals surface area contributed by atoms with E-state index in [1.807, 2.05) is 13.0 Å². The number of tetrazole rings is 1. The van der Waals surface area contributed by atoms with Crippen molar-refractivity contribution in [2.75, 3.05) is 0 Å². The summed E-state index contributed by atoms with van der Waals surface area (Å²) in [4.78, 5) is 10.8. The summed E-state index contributed by atoms with van der Waals surface area (Å²) in [5, 5.41) is 20.9. The lowest BCUT2D eigenvalue weighted by Crippen LogP contribution is -2.13. The van der Waals surface area contributed by atoms with Crippen LogP contribution < -0.4 is 0 Å². The third-order valence-corrected chi connectivity index (χ3v) is 3.06. The Balaban J connectivity index is 2.44. The maximum absolute atomic E-state index is 10.8. The third kappa shape index (κ3) is 2.90. The number of rotatable bonds is 4. The van der Waals surface area contributed by atoms with E-state index in [0.29, 0.717) is 10.8 Å². The molecule has 0 spiro atoms. The molecule has 0 saturated heterocycles. The van der Waals surface area contributed by atoms with E-state index in [1.165, 1.54) is 4.68 Å². The Hall–Kier alpha value is -1.95. The van der Waals surface area contributed by atoms with Crippen molar-refractivity contribution >= 4 is 17.6 Å². The molecule has 0 radical (unpaired) electrons. The summed E-state index contributed by atoms with van der Waals surface area (Å²) in [7, 11) is 0. The molecule has 1 unspecified atom stereocenters. The van der Waals surface area contributed by atoms with Crippen molar-refractivity contribution in [3.63, 3.8) is 0 Å². The van der Waals surface area contributed by atoms with E-state index in [2.05, 4.69) is 15.5 Å². The molecule has 0 fully saturated rings. The average molecular weight is 281 g/mol. The molecular formula is C12H13ClN4O2. The van der Waals surface area contributed by atoms with Gasteiger partial charge in [0, 0.05) is 10.6 Å². The number of carbonyl (C=O) groups is 1. The zero-order valence-corrected chi connectivity index (χ0v) is 11.3. The van der Waals surface area contributed by atoms with Gasteiger partial charge in [-0.25, -0.2) is 4.68 Å². The molecule has 6 nitrogen and oxygen atoms in total. The van der Waals surface area contributed by atoms with Crippen molar-refractivity contribution < 1.29 is 9.90 Å². The van der Waals surface area contributed by atoms with Gasteiger partial charge in [-0.15, -0.1) is 5.10 Å². The van der Waals surface area contributed by atoms with Gasteiger partial charge in [-0.2, -0.15) is 0 Å². The predicted octanol–water partition coefficient (Wildman–Crippen LogP) is 2.34. The fourth-order valence-corrected chi connectivity index (χ4v) is 2.01. The van der Waals surface area contributed by atoms with E-state index >= 15 is 0 Å². The SMILES string of the molecule is Cc1ccc(Cl)cc1-c1nnnn1C(C)CC(=O)O. The van der Waals surface area contributed by atoms with E-state index in [1.54, 1.807) is 19.1 Å². The highest BCUT2D eigenvalue weighted by Gasteiger charge is 2.18. The summed E-state index contributed by atoms with van der Waals surface area (Å²) in [5.41, 5.74) is 1.78. The summed E-state index contributed by atoms with van der Waals surface area (Å²) in [5.74, 6) is -0.370. The van der Waals surface area contributed by atoms with Crippen LogP contribution in [0.25, 0.3) is 11.4 Å². The first-order valence-corrected chi connectivity index (χ1v) is 6.13. The molecule has 0 amide bonds. The second-order valence-electron chi connectivity index (χ2n) is 4.35. The Morgan fingerprint density at radius 2 is 2.26 bits per heavy atom. The van der Waals surface area contributed by atoms with Crippen LogP contribution >= 0.6 is 11.6 Å². The fourth-order valence-electron chi connectivity index (χ4n) is 1.84. The first-order chi connectivity index (χ1) is 8.99. The van der Waals surface area contributed by atoms with Crippen LogP contribution in [-0.4, -0.2) is 31.3 Å². The van der Waals surface area contributed by atoms with Gasteiger partial charge in [0.05, 0.1) is 12.5 Å². The number of hydrogen-bond acceptors (Lipinski definition) is 4. The van der Waals surface area contributed by atoms with Gasteiger partial charge in [-0.1, -0.05) is 17.7 Å². The summed E-state index contributed by atoms with van der Waals surface area (Å²) in [6.07, 6.45) is -0.0440. The van der Waals surface area contributed by atoms with E-state index in [0.717, 1.165) is 11.1 Å². The number of aryl methyl sites for hydroxylation is 1. The molecule has 0 bridgehead atoms. The van der Waals surface area contributed by atoms with Gasteiger partial charge >= 0.3 is 5.97 Å². The summed E-state index contributed by atoms with van der Waals surface area (Å²) in [6.45, 7) is 3.68. The molecule has 1 aromatic heterocycles. The first kappa shape index (κ1) is 13.5. The van der Waals surface area contributed by atoms with Crippen molar-refractivity contribution in [3.05, 3.63) is 28.8 Å². The van der Waals surface area contributed by atoms with Crippen molar-refractivity contribution in [2.24, 2.45) is 0 Å². The van der Waals surface area contributed by atoms with Gasteiger partial charge in [0.25, 0.3) is 0 Å². The molecule has 2 aromatic rings. The van der Waals surface area contributed by atoms with E-state index in [-0.39, 0.29) is 12.5 Å². The molecule has 19 heavy (non-hydrogen) atoms. The topological polar surface area (TPSA) is 80.9 Å². The fraction of sp³-hybridized carbons (Fsp3) is 0.333. The Bertz CT molecular complexity index is 612. The van der Waals surface area contributed by atoms with Crippen LogP contribution in [0, 0.1) is 6.92 Å². The normalized spacial score (nSPS) is 12.4. The zero-order chi connectivity index (χ0) is 14.0.